The number of hydrogen-bond donors (Lipinski definition) is 0. The molecule has 2 aliphatic rings. The standard InChI is InChI=1S/C58H33N3S2/c1-3-14-34(15-4-1)55-59-56(35-16-5-2-6-17-35)61-57(60-55)38-19-13-18-36(30-38)37-26-27-43-51(31-37)63-50-29-28-42-44-32-45-41-22-9-12-25-49(41)62-52(45)33-48(44)58(54(42)53(43)50)46-23-10-7-20-39(46)40-21-8-11-24-47(40)58/h1-33H. The second-order valence-electron chi connectivity index (χ2n) is 16.6. The van der Waals surface area contributed by atoms with Crippen LogP contribution >= 0.6 is 22.7 Å². The lowest BCUT2D eigenvalue weighted by Crippen LogP contribution is -2.26. The first-order valence-corrected chi connectivity index (χ1v) is 23.0. The predicted molar refractivity (Wildman–Crippen MR) is 264 cm³/mol. The van der Waals surface area contributed by atoms with Gasteiger partial charge in [0.2, 0.25) is 0 Å². The summed E-state index contributed by atoms with van der Waals surface area (Å²) in [5, 5.41) is 5.32. The predicted octanol–water partition coefficient (Wildman–Crippen LogP) is 15.6. The first kappa shape index (κ1) is 35.1. The normalized spacial score (nSPS) is 13.2. The summed E-state index contributed by atoms with van der Waals surface area (Å²) in [6.07, 6.45) is 0. The molecule has 9 aromatic carbocycles. The zero-order valence-electron chi connectivity index (χ0n) is 33.7. The number of hydrogen-bond acceptors (Lipinski definition) is 5. The third-order valence-corrected chi connectivity index (χ3v) is 15.6. The van der Waals surface area contributed by atoms with Gasteiger partial charge in [-0.1, -0.05) is 164 Å². The quantitative estimate of drug-likeness (QED) is 0.177. The van der Waals surface area contributed by atoms with Crippen molar-refractivity contribution in [2.24, 2.45) is 0 Å². The van der Waals surface area contributed by atoms with E-state index >= 15 is 0 Å². The summed E-state index contributed by atoms with van der Waals surface area (Å²) in [6, 6.07) is 73.0. The lowest BCUT2D eigenvalue weighted by molar-refractivity contribution is 0.803. The van der Waals surface area contributed by atoms with E-state index < -0.39 is 5.41 Å². The van der Waals surface area contributed by atoms with E-state index in [2.05, 4.69) is 164 Å². The lowest BCUT2D eigenvalue weighted by atomic mass is 9.69. The summed E-state index contributed by atoms with van der Waals surface area (Å²) in [4.78, 5) is 15.0. The van der Waals surface area contributed by atoms with Crippen LogP contribution in [-0.4, -0.2) is 15.0 Å². The van der Waals surface area contributed by atoms with Crippen LogP contribution in [0.25, 0.3) is 108 Å². The molecular weight excluding hydrogens is 803 g/mol. The molecule has 14 rings (SSSR count). The number of thiophene rings is 2. The van der Waals surface area contributed by atoms with Crippen LogP contribution in [0, 0.1) is 0 Å². The number of aromatic nitrogens is 3. The largest absolute Gasteiger partial charge is 0.208 e. The Labute approximate surface area is 371 Å². The molecule has 292 valence electrons. The van der Waals surface area contributed by atoms with Crippen LogP contribution in [0.4, 0.5) is 0 Å². The molecule has 0 aliphatic heterocycles. The molecule has 1 spiro atoms. The smallest absolute Gasteiger partial charge is 0.164 e. The van der Waals surface area contributed by atoms with Crippen molar-refractivity contribution in [1.29, 1.82) is 0 Å². The van der Waals surface area contributed by atoms with Crippen molar-refractivity contribution in [3.63, 3.8) is 0 Å². The maximum absolute atomic E-state index is 5.04. The second-order valence-corrected chi connectivity index (χ2v) is 18.8. The van der Waals surface area contributed by atoms with E-state index in [4.69, 9.17) is 15.0 Å². The summed E-state index contributed by atoms with van der Waals surface area (Å²) < 4.78 is 5.26. The van der Waals surface area contributed by atoms with Crippen LogP contribution in [0.3, 0.4) is 0 Å². The molecule has 0 N–H and O–H groups in total. The molecule has 0 bridgehead atoms. The van der Waals surface area contributed by atoms with Crippen LogP contribution in [0.2, 0.25) is 0 Å². The Morgan fingerprint density at radius 1 is 0.302 bits per heavy atom. The van der Waals surface area contributed by atoms with Crippen molar-refractivity contribution in [1.82, 2.24) is 15.0 Å². The molecule has 0 unspecified atom stereocenters. The Hall–Kier alpha value is -7.57. The molecule has 0 radical (unpaired) electrons. The fourth-order valence-electron chi connectivity index (χ4n) is 10.7. The highest BCUT2D eigenvalue weighted by atomic mass is 32.1. The average molecular weight is 836 g/mol. The second kappa shape index (κ2) is 13.2. The van der Waals surface area contributed by atoms with Crippen molar-refractivity contribution in [2.75, 3.05) is 0 Å². The highest BCUT2D eigenvalue weighted by Gasteiger charge is 2.53. The highest BCUT2D eigenvalue weighted by molar-refractivity contribution is 7.26. The maximum Gasteiger partial charge on any atom is 0.164 e. The van der Waals surface area contributed by atoms with Crippen LogP contribution in [0.15, 0.2) is 200 Å². The van der Waals surface area contributed by atoms with Gasteiger partial charge in [0, 0.05) is 57.0 Å². The number of nitrogens with zero attached hydrogens (tertiary/aromatic N) is 3. The molecule has 63 heavy (non-hydrogen) atoms. The molecule has 0 fully saturated rings. The van der Waals surface area contributed by atoms with E-state index in [1.807, 2.05) is 59.1 Å². The van der Waals surface area contributed by atoms with Gasteiger partial charge in [0.25, 0.3) is 0 Å². The van der Waals surface area contributed by atoms with Gasteiger partial charge in [-0.25, -0.2) is 15.0 Å². The number of benzene rings is 9. The first-order chi connectivity index (χ1) is 31.2. The summed E-state index contributed by atoms with van der Waals surface area (Å²) in [5.74, 6) is 1.97. The van der Waals surface area contributed by atoms with Crippen molar-refractivity contribution in [3.8, 4) is 67.5 Å². The molecule has 0 saturated carbocycles. The molecule has 5 heteroatoms. The van der Waals surface area contributed by atoms with Gasteiger partial charge in [-0.2, -0.15) is 0 Å². The zero-order chi connectivity index (χ0) is 41.2. The van der Waals surface area contributed by atoms with Crippen LogP contribution in [-0.2, 0) is 5.41 Å². The molecule has 3 heterocycles. The summed E-state index contributed by atoms with van der Waals surface area (Å²) in [6.45, 7) is 0. The molecule has 3 nitrogen and oxygen atoms in total. The van der Waals surface area contributed by atoms with E-state index in [0.29, 0.717) is 17.5 Å². The van der Waals surface area contributed by atoms with Gasteiger partial charge in [0.15, 0.2) is 17.5 Å². The molecule has 2 aliphatic carbocycles. The van der Waals surface area contributed by atoms with Gasteiger partial charge < -0.3 is 0 Å². The Kier molecular flexibility index (Phi) is 7.36. The van der Waals surface area contributed by atoms with Crippen molar-refractivity contribution in [3.05, 3.63) is 222 Å². The summed E-state index contributed by atoms with van der Waals surface area (Å²) in [7, 11) is 0. The topological polar surface area (TPSA) is 38.7 Å². The third-order valence-electron chi connectivity index (χ3n) is 13.3. The number of fused-ring (bicyclic) bond motifs is 17. The van der Waals surface area contributed by atoms with Crippen molar-refractivity contribution >= 4 is 63.0 Å². The highest BCUT2D eigenvalue weighted by Crippen LogP contribution is 2.65. The van der Waals surface area contributed by atoms with Crippen molar-refractivity contribution < 1.29 is 0 Å². The van der Waals surface area contributed by atoms with Gasteiger partial charge in [0.1, 0.15) is 0 Å². The first-order valence-electron chi connectivity index (χ1n) is 21.3. The minimum Gasteiger partial charge on any atom is -0.208 e. The van der Waals surface area contributed by atoms with E-state index in [1.165, 1.54) is 84.9 Å². The lowest BCUT2D eigenvalue weighted by Gasteiger charge is -2.31. The fraction of sp³-hybridized carbons (Fsp3) is 0.0172. The Morgan fingerprint density at radius 2 is 0.873 bits per heavy atom. The average Bonchev–Trinajstić information content (AvgIpc) is 4.08. The number of rotatable bonds is 4. The zero-order valence-corrected chi connectivity index (χ0v) is 35.3. The summed E-state index contributed by atoms with van der Waals surface area (Å²) in [5.41, 5.74) is 15.6. The minimum atomic E-state index is -0.454. The van der Waals surface area contributed by atoms with Gasteiger partial charge in [-0.15, -0.1) is 22.7 Å². The van der Waals surface area contributed by atoms with Crippen LogP contribution in [0.5, 0.6) is 0 Å². The van der Waals surface area contributed by atoms with E-state index in [-0.39, 0.29) is 0 Å². The van der Waals surface area contributed by atoms with E-state index in [0.717, 1.165) is 27.8 Å². The van der Waals surface area contributed by atoms with Gasteiger partial charge in [0.05, 0.1) is 5.41 Å². The summed E-state index contributed by atoms with van der Waals surface area (Å²) >= 11 is 3.80. The molecule has 12 aromatic rings. The minimum absolute atomic E-state index is 0.454. The Bertz CT molecular complexity index is 3760. The SMILES string of the molecule is c1ccc(-c2nc(-c3ccccc3)nc(-c3cccc(-c4ccc5c(c4)sc4ccc6c(c45)C4(c5ccccc5-c5ccccc54)c4cc5sc7ccccc7c5cc4-6)c3)n2)cc1. The van der Waals surface area contributed by atoms with Crippen molar-refractivity contribution in [2.45, 2.75) is 5.41 Å². The molecule has 3 aromatic heterocycles. The maximum atomic E-state index is 5.04. The van der Waals surface area contributed by atoms with E-state index in [9.17, 15) is 0 Å². The Morgan fingerprint density at radius 3 is 1.60 bits per heavy atom. The van der Waals surface area contributed by atoms with E-state index in [1.54, 1.807) is 0 Å². The van der Waals surface area contributed by atoms with Crippen LogP contribution < -0.4 is 0 Å². The van der Waals surface area contributed by atoms with Gasteiger partial charge >= 0.3 is 0 Å². The van der Waals surface area contributed by atoms with Crippen LogP contribution in [0.1, 0.15) is 22.3 Å². The molecule has 0 saturated heterocycles. The third kappa shape index (κ3) is 4.97. The Balaban J connectivity index is 0.969. The molecule has 0 amide bonds. The fourth-order valence-corrected chi connectivity index (χ4v) is 13.0. The van der Waals surface area contributed by atoms with Gasteiger partial charge in [-0.3, -0.25) is 0 Å². The molecular formula is C58H33N3S2. The molecule has 0 atom stereocenters. The monoisotopic (exact) mass is 835 g/mol. The van der Waals surface area contributed by atoms with Gasteiger partial charge in [-0.05, 0) is 92.0 Å².